The molecule has 8 heteroatoms. The van der Waals surface area contributed by atoms with E-state index in [0.29, 0.717) is 13.1 Å². The van der Waals surface area contributed by atoms with Gasteiger partial charge in [-0.1, -0.05) is 42.1 Å². The zero-order chi connectivity index (χ0) is 20.4. The maximum Gasteiger partial charge on any atom is 0.253 e. The van der Waals surface area contributed by atoms with Crippen LogP contribution in [0.1, 0.15) is 18.4 Å². The van der Waals surface area contributed by atoms with Gasteiger partial charge in [0, 0.05) is 31.8 Å². The zero-order valence-electron chi connectivity index (χ0n) is 17.3. The molecule has 0 bridgehead atoms. The number of amides is 1. The highest BCUT2D eigenvalue weighted by Gasteiger charge is 2.36. The molecular weight excluding hydrogens is 384 g/mol. The number of aromatic nitrogens is 3. The molecule has 1 aromatic heterocycles. The quantitative estimate of drug-likeness (QED) is 0.651. The lowest BCUT2D eigenvalue weighted by atomic mass is 10.0. The summed E-state index contributed by atoms with van der Waals surface area (Å²) in [7, 11) is 4.17. The molecule has 29 heavy (non-hydrogen) atoms. The van der Waals surface area contributed by atoms with Crippen molar-refractivity contribution in [2.24, 2.45) is 0 Å². The first-order valence-electron chi connectivity index (χ1n) is 10.0. The summed E-state index contributed by atoms with van der Waals surface area (Å²) in [5.41, 5.74) is 3.15. The van der Waals surface area contributed by atoms with E-state index < -0.39 is 0 Å². The van der Waals surface area contributed by atoms with Crippen LogP contribution in [0, 0.1) is 0 Å². The van der Waals surface area contributed by atoms with E-state index in [1.165, 1.54) is 11.8 Å². The number of nitrogens with zero attached hydrogens (tertiary/aromatic N) is 6. The van der Waals surface area contributed by atoms with Crippen LogP contribution in [-0.2, 0) is 17.9 Å². The van der Waals surface area contributed by atoms with Gasteiger partial charge in [-0.15, -0.1) is 5.10 Å². The maximum absolute atomic E-state index is 13.3. The van der Waals surface area contributed by atoms with E-state index in [1.54, 1.807) is 0 Å². The summed E-state index contributed by atoms with van der Waals surface area (Å²) in [6.07, 6.45) is 3.85. The van der Waals surface area contributed by atoms with Gasteiger partial charge in [0.1, 0.15) is 0 Å². The number of hydrogen-bond acceptors (Lipinski definition) is 6. The number of carbonyl (C=O) groups is 1. The average molecular weight is 413 g/mol. The van der Waals surface area contributed by atoms with Crippen LogP contribution in [0.15, 0.2) is 46.8 Å². The van der Waals surface area contributed by atoms with E-state index >= 15 is 0 Å². The minimum absolute atomic E-state index is 0.125. The van der Waals surface area contributed by atoms with Crippen molar-refractivity contribution in [2.45, 2.75) is 31.1 Å². The molecule has 0 spiro atoms. The molecule has 0 N–H and O–H groups in total. The average Bonchev–Trinajstić information content (AvgIpc) is 3.14. The predicted molar refractivity (Wildman–Crippen MR) is 116 cm³/mol. The van der Waals surface area contributed by atoms with Gasteiger partial charge in [0.15, 0.2) is 0 Å². The Morgan fingerprint density at radius 1 is 1.21 bits per heavy atom. The number of thioether (sulfide) groups is 1. The third kappa shape index (κ3) is 4.18. The number of benzene rings is 1. The van der Waals surface area contributed by atoms with Crippen LogP contribution in [0.3, 0.4) is 0 Å². The van der Waals surface area contributed by atoms with E-state index in [2.05, 4.69) is 41.1 Å². The largest absolute Gasteiger partial charge is 0.334 e. The third-order valence-electron chi connectivity index (χ3n) is 5.41. The van der Waals surface area contributed by atoms with E-state index in [9.17, 15) is 4.79 Å². The molecule has 0 unspecified atom stereocenters. The molecule has 0 fully saturated rings. The highest BCUT2D eigenvalue weighted by Crippen LogP contribution is 2.34. The predicted octanol–water partition coefficient (Wildman–Crippen LogP) is 2.46. The number of anilines is 1. The fourth-order valence-electron chi connectivity index (χ4n) is 3.98. The standard InChI is InChI=1S/C21H28N6OS/c1-24(2)11-7-12-26-18-10-13-25(14-16-8-5-4-6-9-16)19(28)17(18)15-27-21(26)22-20(23-27)29-3/h4-6,8-9H,7,10-15H2,1-3H3. The molecule has 4 rings (SSSR count). The smallest absolute Gasteiger partial charge is 0.253 e. The SMILES string of the molecule is CSc1nc2n(n1)CC1=C(CCN(Cc3ccccc3)C1=O)N2CCCN(C)C. The number of fused-ring (bicyclic) bond motifs is 1. The fourth-order valence-corrected chi connectivity index (χ4v) is 4.33. The van der Waals surface area contributed by atoms with Crippen molar-refractivity contribution in [3.63, 3.8) is 0 Å². The maximum atomic E-state index is 13.3. The fraction of sp³-hybridized carbons (Fsp3) is 0.476. The molecule has 2 aliphatic heterocycles. The Morgan fingerprint density at radius 2 is 2.00 bits per heavy atom. The lowest BCUT2D eigenvalue weighted by Gasteiger charge is -2.38. The Morgan fingerprint density at radius 3 is 2.72 bits per heavy atom. The van der Waals surface area contributed by atoms with Gasteiger partial charge in [0.2, 0.25) is 11.1 Å². The van der Waals surface area contributed by atoms with Crippen LogP contribution in [0.2, 0.25) is 0 Å². The highest BCUT2D eigenvalue weighted by molar-refractivity contribution is 7.98. The topological polar surface area (TPSA) is 57.5 Å². The van der Waals surface area contributed by atoms with Gasteiger partial charge in [-0.2, -0.15) is 4.98 Å². The lowest BCUT2D eigenvalue weighted by Crippen LogP contribution is -2.45. The summed E-state index contributed by atoms with van der Waals surface area (Å²) in [5, 5.41) is 5.36. The molecule has 2 aromatic rings. The Labute approximate surface area is 176 Å². The Kier molecular flexibility index (Phi) is 5.91. The molecule has 2 aliphatic rings. The van der Waals surface area contributed by atoms with Crippen LogP contribution in [0.25, 0.3) is 0 Å². The van der Waals surface area contributed by atoms with Crippen LogP contribution in [-0.4, -0.2) is 70.5 Å². The second-order valence-corrected chi connectivity index (χ2v) is 8.53. The highest BCUT2D eigenvalue weighted by atomic mass is 32.2. The summed E-state index contributed by atoms with van der Waals surface area (Å²) >= 11 is 1.54. The van der Waals surface area contributed by atoms with Crippen LogP contribution < -0.4 is 4.90 Å². The van der Waals surface area contributed by atoms with E-state index in [1.807, 2.05) is 34.0 Å². The van der Waals surface area contributed by atoms with Crippen molar-refractivity contribution in [3.8, 4) is 0 Å². The summed E-state index contributed by atoms with van der Waals surface area (Å²) in [6.45, 7) is 3.73. The molecule has 154 valence electrons. The van der Waals surface area contributed by atoms with Gasteiger partial charge >= 0.3 is 0 Å². The van der Waals surface area contributed by atoms with Crippen molar-refractivity contribution < 1.29 is 4.79 Å². The van der Waals surface area contributed by atoms with Crippen LogP contribution in [0.5, 0.6) is 0 Å². The second-order valence-electron chi connectivity index (χ2n) is 7.75. The Hall–Kier alpha value is -2.32. The lowest BCUT2D eigenvalue weighted by molar-refractivity contribution is -0.128. The van der Waals surface area contributed by atoms with E-state index in [-0.39, 0.29) is 5.91 Å². The first-order valence-corrected chi connectivity index (χ1v) is 11.3. The first-order chi connectivity index (χ1) is 14.1. The minimum Gasteiger partial charge on any atom is -0.334 e. The molecule has 7 nitrogen and oxygen atoms in total. The zero-order valence-corrected chi connectivity index (χ0v) is 18.2. The molecule has 0 atom stereocenters. The van der Waals surface area contributed by atoms with Crippen molar-refractivity contribution in [2.75, 3.05) is 44.9 Å². The molecule has 0 saturated carbocycles. The molecule has 0 aliphatic carbocycles. The van der Waals surface area contributed by atoms with Gasteiger partial charge < -0.3 is 14.7 Å². The number of carbonyl (C=O) groups excluding carboxylic acids is 1. The van der Waals surface area contributed by atoms with Gasteiger partial charge in [0.05, 0.1) is 12.1 Å². The Balaban J connectivity index is 1.60. The first kappa shape index (κ1) is 20.0. The van der Waals surface area contributed by atoms with Gasteiger partial charge in [-0.25, -0.2) is 4.68 Å². The van der Waals surface area contributed by atoms with Gasteiger partial charge in [0.25, 0.3) is 5.91 Å². The minimum atomic E-state index is 0.125. The monoisotopic (exact) mass is 412 g/mol. The molecule has 1 amide bonds. The van der Waals surface area contributed by atoms with Crippen molar-refractivity contribution in [3.05, 3.63) is 47.2 Å². The van der Waals surface area contributed by atoms with Gasteiger partial charge in [-0.3, -0.25) is 4.79 Å². The van der Waals surface area contributed by atoms with E-state index in [4.69, 9.17) is 4.98 Å². The van der Waals surface area contributed by atoms with Crippen molar-refractivity contribution >= 4 is 23.6 Å². The Bertz CT molecular complexity index is 907. The summed E-state index contributed by atoms with van der Waals surface area (Å²) in [6, 6.07) is 10.2. The summed E-state index contributed by atoms with van der Waals surface area (Å²) in [5.74, 6) is 0.996. The van der Waals surface area contributed by atoms with Gasteiger partial charge in [-0.05, 0) is 38.9 Å². The second kappa shape index (κ2) is 8.59. The summed E-state index contributed by atoms with van der Waals surface area (Å²) < 4.78 is 1.89. The normalized spacial score (nSPS) is 16.5. The third-order valence-corrected chi connectivity index (χ3v) is 5.94. The molecule has 0 saturated heterocycles. The number of rotatable bonds is 7. The molecular formula is C21H28N6OS. The summed E-state index contributed by atoms with van der Waals surface area (Å²) in [4.78, 5) is 24.4. The molecule has 1 aromatic carbocycles. The molecule has 3 heterocycles. The van der Waals surface area contributed by atoms with Crippen LogP contribution in [0.4, 0.5) is 5.95 Å². The van der Waals surface area contributed by atoms with Crippen molar-refractivity contribution in [1.82, 2.24) is 24.6 Å². The van der Waals surface area contributed by atoms with E-state index in [0.717, 1.165) is 60.4 Å². The van der Waals surface area contributed by atoms with Crippen molar-refractivity contribution in [1.29, 1.82) is 0 Å². The number of hydrogen-bond donors (Lipinski definition) is 0. The molecule has 0 radical (unpaired) electrons. The van der Waals surface area contributed by atoms with Crippen LogP contribution >= 0.6 is 11.8 Å².